The second-order valence-corrected chi connectivity index (χ2v) is 10.3. The molecule has 0 bridgehead atoms. The molecule has 0 aliphatic carbocycles. The smallest absolute Gasteiger partial charge is 0.387 e. The normalized spacial score (nSPS) is 13.6. The molecule has 14 nitrogen and oxygen atoms in total. The molecule has 0 N–H and O–H groups in total. The maximum Gasteiger partial charge on any atom is 0.387 e. The third-order valence-electron chi connectivity index (χ3n) is 4.83. The molecular weight excluding hydrogens is 523 g/mol. The second kappa shape index (κ2) is 11.2. The van der Waals surface area contributed by atoms with Crippen LogP contribution in [0.15, 0.2) is 12.7 Å². The predicted molar refractivity (Wildman–Crippen MR) is 127 cm³/mol. The highest BCUT2D eigenvalue weighted by Crippen LogP contribution is 2.36. The Kier molecular flexibility index (Phi) is 9.02. The summed E-state index contributed by atoms with van der Waals surface area (Å²) in [5.41, 5.74) is -2.05. The number of carbonyl (C=O) groups is 2. The van der Waals surface area contributed by atoms with Crippen molar-refractivity contribution in [2.75, 3.05) is 0 Å². The number of esters is 1. The molecule has 0 spiro atoms. The minimum absolute atomic E-state index is 0.00675. The lowest BCUT2D eigenvalue weighted by atomic mass is 10.0. The zero-order chi connectivity index (χ0) is 27.4. The van der Waals surface area contributed by atoms with E-state index in [4.69, 9.17) is 32.7 Å². The van der Waals surface area contributed by atoms with Gasteiger partial charge in [-0.1, -0.05) is 0 Å². The van der Waals surface area contributed by atoms with Gasteiger partial charge in [0, 0.05) is 19.5 Å². The number of aryl methyl sites for hydroxylation is 2. The Bertz CT molecular complexity index is 1140. The second-order valence-electron chi connectivity index (χ2n) is 9.35. The van der Waals surface area contributed by atoms with Crippen molar-refractivity contribution in [1.29, 1.82) is 0 Å². The quantitative estimate of drug-likeness (QED) is 0.124. The molecule has 2 atom stereocenters. The zero-order valence-electron chi connectivity index (χ0n) is 20.2. The molecule has 2 aromatic heterocycles. The number of nitro groups is 2. The first-order chi connectivity index (χ1) is 16.6. The van der Waals surface area contributed by atoms with Gasteiger partial charge < -0.3 is 38.8 Å². The molecule has 0 amide bonds. The SMILES string of the molecule is CC(C)(C)OC(=O)C(Cl)c1c([N+](=O)[O-])ncn1CCn1cnc([N+](=O)[O-])c1C(Cl)CC(C)(C)OC=O. The van der Waals surface area contributed by atoms with Crippen molar-refractivity contribution in [2.24, 2.45) is 0 Å². The van der Waals surface area contributed by atoms with Gasteiger partial charge in [0.05, 0.1) is 5.38 Å². The highest BCUT2D eigenvalue weighted by molar-refractivity contribution is 6.30. The highest BCUT2D eigenvalue weighted by atomic mass is 35.5. The number of hydrogen-bond donors (Lipinski definition) is 0. The summed E-state index contributed by atoms with van der Waals surface area (Å²) in [5.74, 6) is -2.01. The van der Waals surface area contributed by atoms with Gasteiger partial charge >= 0.3 is 17.6 Å². The first-order valence-corrected chi connectivity index (χ1v) is 11.5. The third kappa shape index (κ3) is 7.13. The fourth-order valence-electron chi connectivity index (χ4n) is 3.37. The average molecular weight is 549 g/mol. The van der Waals surface area contributed by atoms with Crippen molar-refractivity contribution < 1.29 is 28.9 Å². The standard InChI is InChI=1S/C20H26Cl2N6O8/c1-19(2,3)36-18(30)13(22)15-17(28(33)34)24-10-26(15)7-6-25-9-23-16(27(31)32)14(25)12(21)8-20(4,5)35-11-29/h9-13H,6-8H2,1-5H3. The lowest BCUT2D eigenvalue weighted by Gasteiger charge is -2.25. The van der Waals surface area contributed by atoms with Crippen LogP contribution in [0, 0.1) is 20.2 Å². The van der Waals surface area contributed by atoms with Crippen LogP contribution in [0.2, 0.25) is 0 Å². The molecule has 16 heteroatoms. The van der Waals surface area contributed by atoms with Crippen molar-refractivity contribution in [3.8, 4) is 0 Å². The van der Waals surface area contributed by atoms with Crippen molar-refractivity contribution in [3.63, 3.8) is 0 Å². The Morgan fingerprint density at radius 1 is 1.03 bits per heavy atom. The zero-order valence-corrected chi connectivity index (χ0v) is 21.7. The van der Waals surface area contributed by atoms with E-state index in [9.17, 15) is 29.8 Å². The molecule has 0 saturated heterocycles. The minimum Gasteiger partial charge on any atom is -0.462 e. The summed E-state index contributed by atoms with van der Waals surface area (Å²) in [6.45, 7) is 8.30. The van der Waals surface area contributed by atoms with Gasteiger partial charge in [-0.3, -0.25) is 4.79 Å². The number of nitrogens with zero attached hydrogens (tertiary/aromatic N) is 6. The van der Waals surface area contributed by atoms with Crippen molar-refractivity contribution in [1.82, 2.24) is 19.1 Å². The van der Waals surface area contributed by atoms with Crippen molar-refractivity contribution in [2.45, 2.75) is 76.1 Å². The van der Waals surface area contributed by atoms with Crippen LogP contribution in [0.1, 0.15) is 63.2 Å². The van der Waals surface area contributed by atoms with Gasteiger partial charge in [-0.05, 0) is 54.4 Å². The number of rotatable bonds is 12. The summed E-state index contributed by atoms with van der Waals surface area (Å²) in [5, 5.41) is 20.5. The van der Waals surface area contributed by atoms with Gasteiger partial charge in [-0.15, -0.1) is 23.2 Å². The van der Waals surface area contributed by atoms with Gasteiger partial charge in [0.1, 0.15) is 22.6 Å². The summed E-state index contributed by atoms with van der Waals surface area (Å²) in [6, 6.07) is 0. The summed E-state index contributed by atoms with van der Waals surface area (Å²) in [7, 11) is 0. The third-order valence-corrected chi connectivity index (χ3v) is 5.58. The van der Waals surface area contributed by atoms with E-state index in [0.29, 0.717) is 0 Å². The van der Waals surface area contributed by atoms with Crippen LogP contribution >= 0.6 is 23.2 Å². The highest BCUT2D eigenvalue weighted by Gasteiger charge is 2.36. The maximum absolute atomic E-state index is 12.5. The van der Waals surface area contributed by atoms with Crippen molar-refractivity contribution in [3.05, 3.63) is 44.3 Å². The monoisotopic (exact) mass is 548 g/mol. The number of hydrogen-bond acceptors (Lipinski definition) is 10. The Morgan fingerprint density at radius 2 is 1.50 bits per heavy atom. The molecule has 0 aliphatic rings. The molecular formula is C20H26Cl2N6O8. The molecule has 0 saturated carbocycles. The average Bonchev–Trinajstić information content (AvgIpc) is 3.34. The Morgan fingerprint density at radius 3 is 1.94 bits per heavy atom. The van der Waals surface area contributed by atoms with Crippen LogP contribution in [0.25, 0.3) is 0 Å². The molecule has 0 aliphatic heterocycles. The van der Waals surface area contributed by atoms with E-state index < -0.39 is 49.4 Å². The first-order valence-electron chi connectivity index (χ1n) is 10.6. The van der Waals surface area contributed by atoms with E-state index in [1.54, 1.807) is 34.6 Å². The number of imidazole rings is 2. The van der Waals surface area contributed by atoms with E-state index in [-0.39, 0.29) is 37.4 Å². The van der Waals surface area contributed by atoms with Crippen LogP contribution < -0.4 is 0 Å². The lowest BCUT2D eigenvalue weighted by molar-refractivity contribution is -0.390. The summed E-state index contributed by atoms with van der Waals surface area (Å²) in [4.78, 5) is 52.4. The van der Waals surface area contributed by atoms with Gasteiger partial charge in [0.25, 0.3) is 6.47 Å². The van der Waals surface area contributed by atoms with Gasteiger partial charge in [0.15, 0.2) is 5.38 Å². The van der Waals surface area contributed by atoms with E-state index in [1.165, 1.54) is 15.5 Å². The summed E-state index contributed by atoms with van der Waals surface area (Å²) < 4.78 is 12.9. The van der Waals surface area contributed by atoms with Crippen LogP contribution in [0.3, 0.4) is 0 Å². The van der Waals surface area contributed by atoms with Gasteiger partial charge in [0.2, 0.25) is 12.7 Å². The molecule has 2 heterocycles. The minimum atomic E-state index is -1.54. The number of ether oxygens (including phenoxy) is 2. The number of carbonyl (C=O) groups excluding carboxylic acids is 2. The predicted octanol–water partition coefficient (Wildman–Crippen LogP) is 3.84. The van der Waals surface area contributed by atoms with Gasteiger partial charge in [-0.2, -0.15) is 0 Å². The number of alkyl halides is 2. The van der Waals surface area contributed by atoms with Crippen LogP contribution in [-0.2, 0) is 32.2 Å². The molecule has 2 unspecified atom stereocenters. The Balaban J connectivity index is 2.39. The number of aromatic nitrogens is 4. The topological polar surface area (TPSA) is 175 Å². The molecule has 0 aromatic carbocycles. The molecule has 0 fully saturated rings. The van der Waals surface area contributed by atoms with E-state index >= 15 is 0 Å². The Labute approximate surface area is 215 Å². The van der Waals surface area contributed by atoms with E-state index in [0.717, 1.165) is 6.33 Å². The molecule has 198 valence electrons. The molecule has 36 heavy (non-hydrogen) atoms. The molecule has 2 rings (SSSR count). The van der Waals surface area contributed by atoms with Crippen molar-refractivity contribution >= 4 is 47.3 Å². The molecule has 0 radical (unpaired) electrons. The van der Waals surface area contributed by atoms with Crippen LogP contribution in [-0.4, -0.2) is 52.6 Å². The largest absolute Gasteiger partial charge is 0.462 e. The Hall–Kier alpha value is -3.26. The van der Waals surface area contributed by atoms with Crippen LogP contribution in [0.4, 0.5) is 11.6 Å². The summed E-state index contributed by atoms with van der Waals surface area (Å²) in [6.07, 6.45) is 2.37. The first kappa shape index (κ1) is 29.0. The molecule has 2 aromatic rings. The summed E-state index contributed by atoms with van der Waals surface area (Å²) >= 11 is 12.7. The van der Waals surface area contributed by atoms with Crippen LogP contribution in [0.5, 0.6) is 0 Å². The van der Waals surface area contributed by atoms with E-state index in [1.807, 2.05) is 0 Å². The lowest BCUT2D eigenvalue weighted by Crippen LogP contribution is -2.27. The maximum atomic E-state index is 12.5. The van der Waals surface area contributed by atoms with E-state index in [2.05, 4.69) is 9.97 Å². The fraction of sp³-hybridized carbons (Fsp3) is 0.600. The number of halogens is 2. The fourth-order valence-corrected chi connectivity index (χ4v) is 4.23. The van der Waals surface area contributed by atoms with Gasteiger partial charge in [-0.25, -0.2) is 4.79 Å².